The molecule has 83 heavy (non-hydrogen) atoms. The molecular formula is C83H180. The first-order chi connectivity index (χ1) is 38.2. The van der Waals surface area contributed by atoms with Crippen LogP contribution in [-0.4, -0.2) is 0 Å². The van der Waals surface area contributed by atoms with Gasteiger partial charge in [0.25, 0.3) is 0 Å². The largest absolute Gasteiger partial charge is 0.0654 e. The molecule has 0 saturated heterocycles. The summed E-state index contributed by atoms with van der Waals surface area (Å²) in [5.74, 6) is 12.2. The molecule has 0 aromatic carbocycles. The van der Waals surface area contributed by atoms with Gasteiger partial charge in [0.15, 0.2) is 0 Å². The summed E-state index contributed by atoms with van der Waals surface area (Å²) in [6.45, 7) is 80.5. The van der Waals surface area contributed by atoms with Crippen LogP contribution in [0.3, 0.4) is 0 Å². The molecule has 5 atom stereocenters. The van der Waals surface area contributed by atoms with Crippen LogP contribution in [0.2, 0.25) is 0 Å². The number of rotatable bonds is 16. The van der Waals surface area contributed by atoms with Crippen LogP contribution in [0.15, 0.2) is 0 Å². The molecule has 0 radical (unpaired) electrons. The van der Waals surface area contributed by atoms with E-state index in [4.69, 9.17) is 0 Å². The average molecular weight is 1180 g/mol. The predicted molar refractivity (Wildman–Crippen MR) is 397 cm³/mol. The molecule has 4 aliphatic rings. The molecule has 4 saturated carbocycles. The van der Waals surface area contributed by atoms with Crippen molar-refractivity contribution in [2.75, 3.05) is 0 Å². The van der Waals surface area contributed by atoms with Gasteiger partial charge in [0.1, 0.15) is 0 Å². The second-order valence-corrected chi connectivity index (χ2v) is 33.9. The van der Waals surface area contributed by atoms with Crippen molar-refractivity contribution < 1.29 is 0 Å². The summed E-state index contributed by atoms with van der Waals surface area (Å²) in [4.78, 5) is 0. The van der Waals surface area contributed by atoms with E-state index >= 15 is 0 Å². The summed E-state index contributed by atoms with van der Waals surface area (Å²) in [6, 6.07) is 0. The molecular weight excluding hydrogens is 997 g/mol. The van der Waals surface area contributed by atoms with E-state index in [9.17, 15) is 0 Å². The van der Waals surface area contributed by atoms with E-state index in [0.717, 1.165) is 76.9 Å². The fourth-order valence-electron chi connectivity index (χ4n) is 10.4. The summed E-state index contributed by atoms with van der Waals surface area (Å²) in [5, 5.41) is 0. The van der Waals surface area contributed by atoms with Crippen molar-refractivity contribution >= 4 is 0 Å². The Kier molecular flexibility index (Phi) is 70.9. The quantitative estimate of drug-likeness (QED) is 0.144. The highest BCUT2D eigenvalue weighted by atomic mass is 14.3. The lowest BCUT2D eigenvalue weighted by Gasteiger charge is -2.32. The lowest BCUT2D eigenvalue weighted by Crippen LogP contribution is -2.21. The second-order valence-electron chi connectivity index (χ2n) is 33.9. The van der Waals surface area contributed by atoms with Gasteiger partial charge >= 0.3 is 0 Å². The Hall–Kier alpha value is 0. The predicted octanol–water partition coefficient (Wildman–Crippen LogP) is 31.7. The van der Waals surface area contributed by atoms with Gasteiger partial charge in [-0.1, -0.05) is 409 Å². The van der Waals surface area contributed by atoms with Gasteiger partial charge in [0.05, 0.1) is 0 Å². The number of hydrogen-bond donors (Lipinski definition) is 0. The number of hydrogen-bond acceptors (Lipinski definition) is 0. The summed E-state index contributed by atoms with van der Waals surface area (Å²) < 4.78 is 0. The topological polar surface area (TPSA) is 0 Å². The smallest absolute Gasteiger partial charge is 0.0354 e. The zero-order valence-electron chi connectivity index (χ0n) is 66.4. The van der Waals surface area contributed by atoms with Gasteiger partial charge in [-0.15, -0.1) is 0 Å². The Morgan fingerprint density at radius 1 is 0.373 bits per heavy atom. The first-order valence-electron chi connectivity index (χ1n) is 38.2. The molecule has 4 fully saturated rings. The van der Waals surface area contributed by atoms with E-state index in [-0.39, 0.29) is 0 Å². The van der Waals surface area contributed by atoms with Gasteiger partial charge in [-0.2, -0.15) is 0 Å². The van der Waals surface area contributed by atoms with Crippen molar-refractivity contribution in [3.8, 4) is 0 Å². The minimum absolute atomic E-state index is 0.550. The van der Waals surface area contributed by atoms with E-state index in [1.54, 1.807) is 0 Å². The molecule has 3 unspecified atom stereocenters. The van der Waals surface area contributed by atoms with Crippen molar-refractivity contribution in [2.24, 2.45) is 98.6 Å². The highest BCUT2D eigenvalue weighted by molar-refractivity contribution is 4.77. The molecule has 0 heterocycles. The third-order valence-electron chi connectivity index (χ3n) is 20.6. The maximum absolute atomic E-state index is 2.40. The second kappa shape index (κ2) is 60.9. The van der Waals surface area contributed by atoms with E-state index in [1.165, 1.54) is 199 Å². The van der Waals surface area contributed by atoms with Gasteiger partial charge in [-0.25, -0.2) is 0 Å². The highest BCUT2D eigenvalue weighted by Crippen LogP contribution is 2.38. The Labute approximate surface area is 537 Å². The molecule has 0 N–H and O–H groups in total. The summed E-state index contributed by atoms with van der Waals surface area (Å²) in [7, 11) is 0. The molecule has 0 spiro atoms. The van der Waals surface area contributed by atoms with Crippen LogP contribution < -0.4 is 0 Å². The standard InChI is InChI=1S/2C9H18.2C8H16.C8H18.5C7H16.C6H14/c1-8-4-6-9(2,3)7-5-8;1-7-5-4-6-8(2)9(7)3;1-8(2)6-4-3-5-7-8;1-7-5-3-4-6-8(7)2;1-6(2)8(5)7(3)4;1-5-6-7(2,3)4;1-5-7(3,4)6-2;2*1-4-5-6-7(2)3;1-4-6-7(3)5-2;1-4-6(3)5-2/h8H,4-7H2,1-3H3;7-9H,4-6H2,1-3H3;3-7H2,1-2H3;7-8H,3-6H2,1-2H3;6-8H,1-5H3;2*5-6H2,1-4H3;3*7H,4-6H2,1-3H3;6H,4-5H2,1-3H3/t;;;7-,8?;;;;;;7-;/m...1.....1./s1. The van der Waals surface area contributed by atoms with Crippen molar-refractivity contribution in [1.82, 2.24) is 0 Å². The first kappa shape index (κ1) is 96.6. The fraction of sp³-hybridized carbons (Fsp3) is 1.00. The van der Waals surface area contributed by atoms with Gasteiger partial charge in [-0.05, 0) is 131 Å². The van der Waals surface area contributed by atoms with Crippen LogP contribution in [-0.2, 0) is 0 Å². The third-order valence-corrected chi connectivity index (χ3v) is 20.6. The monoisotopic (exact) mass is 1180 g/mol. The van der Waals surface area contributed by atoms with Crippen LogP contribution >= 0.6 is 0 Å². The van der Waals surface area contributed by atoms with Crippen LogP contribution in [0, 0.1) is 98.6 Å². The van der Waals surface area contributed by atoms with Gasteiger partial charge < -0.3 is 0 Å². The summed E-state index contributed by atoms with van der Waals surface area (Å²) >= 11 is 0. The van der Waals surface area contributed by atoms with Crippen LogP contribution in [0.25, 0.3) is 0 Å². The molecule has 0 amide bonds. The lowest BCUT2D eigenvalue weighted by molar-refractivity contribution is 0.197. The van der Waals surface area contributed by atoms with E-state index in [2.05, 4.69) is 242 Å². The van der Waals surface area contributed by atoms with E-state index < -0.39 is 0 Å². The Bertz CT molecular complexity index is 1130. The van der Waals surface area contributed by atoms with Gasteiger partial charge in [0.2, 0.25) is 0 Å². The van der Waals surface area contributed by atoms with Crippen molar-refractivity contribution in [3.63, 3.8) is 0 Å². The maximum Gasteiger partial charge on any atom is -0.0354 e. The first-order valence-corrected chi connectivity index (χ1v) is 38.2. The zero-order chi connectivity index (χ0) is 66.4. The lowest BCUT2D eigenvalue weighted by atomic mass is 9.74. The maximum atomic E-state index is 2.40. The number of unbranched alkanes of at least 4 members (excludes halogenated alkanes) is 2. The SMILES string of the molecule is CC(C)C(C)C(C)C.CC1(C)CCCCC1.CC1CCC(C)(C)CC1.CC1CCCC(C)C1C.CC1CCCC[C@H]1C.CCC(C)(C)CC.CCC(C)CC.CCCC(C)(C)C.CCCCC(C)C.CCCCC(C)C.CCC[C@H](C)CC. The third kappa shape index (κ3) is 78.0. The highest BCUT2D eigenvalue weighted by Gasteiger charge is 2.25. The van der Waals surface area contributed by atoms with Crippen LogP contribution in [0.1, 0.15) is 441 Å². The molecule has 4 rings (SSSR count). The molecule has 0 aliphatic heterocycles. The van der Waals surface area contributed by atoms with Crippen molar-refractivity contribution in [1.29, 1.82) is 0 Å². The van der Waals surface area contributed by atoms with Crippen LogP contribution in [0.5, 0.6) is 0 Å². The van der Waals surface area contributed by atoms with Crippen molar-refractivity contribution in [2.45, 2.75) is 441 Å². The molecule has 0 nitrogen and oxygen atoms in total. The van der Waals surface area contributed by atoms with E-state index in [1.807, 2.05) is 0 Å². The Morgan fingerprint density at radius 3 is 0.867 bits per heavy atom. The average Bonchev–Trinajstić information content (AvgIpc) is 3.42. The normalized spacial score (nSPS) is 21.3. The molecule has 0 bridgehead atoms. The molecule has 0 heteroatoms. The molecule has 512 valence electrons. The summed E-state index contributed by atoms with van der Waals surface area (Å²) in [5.41, 5.74) is 2.47. The minimum atomic E-state index is 0.550. The zero-order valence-corrected chi connectivity index (χ0v) is 66.4. The van der Waals surface area contributed by atoms with Gasteiger partial charge in [-0.3, -0.25) is 0 Å². The molecule has 4 aliphatic carbocycles. The van der Waals surface area contributed by atoms with Gasteiger partial charge in [0, 0.05) is 0 Å². The minimum Gasteiger partial charge on any atom is -0.0654 e. The molecule has 0 aromatic heterocycles. The Morgan fingerprint density at radius 2 is 0.723 bits per heavy atom. The molecule has 0 aromatic rings. The fourth-order valence-corrected chi connectivity index (χ4v) is 10.4. The van der Waals surface area contributed by atoms with Crippen LogP contribution in [0.4, 0.5) is 0 Å². The van der Waals surface area contributed by atoms with E-state index in [0.29, 0.717) is 21.7 Å². The van der Waals surface area contributed by atoms with Crippen molar-refractivity contribution in [3.05, 3.63) is 0 Å². The Balaban J connectivity index is -0.000000153. The summed E-state index contributed by atoms with van der Waals surface area (Å²) in [6.07, 6.45) is 43.7.